The molecule has 4 atom stereocenters. The fourth-order valence-electron chi connectivity index (χ4n) is 3.47. The lowest BCUT2D eigenvalue weighted by atomic mass is 9.64. The maximum Gasteiger partial charge on any atom is 0.334 e. The van der Waals surface area contributed by atoms with Gasteiger partial charge in [0.15, 0.2) is 0 Å². The van der Waals surface area contributed by atoms with Crippen LogP contribution in [0.15, 0.2) is 24.3 Å². The van der Waals surface area contributed by atoms with E-state index in [4.69, 9.17) is 9.47 Å². The largest absolute Gasteiger partial charge is 0.461 e. The Hall–Kier alpha value is -1.91. The van der Waals surface area contributed by atoms with E-state index in [0.717, 1.165) is 5.57 Å². The molecule has 5 nitrogen and oxygen atoms in total. The molecule has 1 saturated heterocycles. The number of hydrogen-bond donors (Lipinski definition) is 0. The van der Waals surface area contributed by atoms with Gasteiger partial charge in [-0.15, -0.1) is 6.58 Å². The van der Waals surface area contributed by atoms with Crippen molar-refractivity contribution in [2.75, 3.05) is 0 Å². The third kappa shape index (κ3) is 3.38. The van der Waals surface area contributed by atoms with E-state index in [1.165, 1.54) is 6.92 Å². The molecule has 1 aliphatic carbocycles. The summed E-state index contributed by atoms with van der Waals surface area (Å²) in [7, 11) is 0. The zero-order chi connectivity index (χ0) is 17.4. The SMILES string of the molecule is C=C(C)CC[C@H](OC(C)=O)[C@@]1(C)C[C@@H]2OC(=O)C(=C)[C@@H]2CC1=O. The summed E-state index contributed by atoms with van der Waals surface area (Å²) in [6, 6.07) is 0. The lowest BCUT2D eigenvalue weighted by Crippen LogP contribution is -2.49. The monoisotopic (exact) mass is 320 g/mol. The first-order valence-corrected chi connectivity index (χ1v) is 7.90. The Kier molecular flexibility index (Phi) is 4.78. The van der Waals surface area contributed by atoms with Gasteiger partial charge in [0, 0.05) is 31.3 Å². The van der Waals surface area contributed by atoms with Crippen molar-refractivity contribution in [2.24, 2.45) is 11.3 Å². The minimum Gasteiger partial charge on any atom is -0.461 e. The second kappa shape index (κ2) is 6.30. The van der Waals surface area contributed by atoms with Gasteiger partial charge >= 0.3 is 11.9 Å². The van der Waals surface area contributed by atoms with Crippen LogP contribution in [0.4, 0.5) is 0 Å². The summed E-state index contributed by atoms with van der Waals surface area (Å²) in [5.41, 5.74) is 0.483. The summed E-state index contributed by atoms with van der Waals surface area (Å²) < 4.78 is 10.8. The number of carbonyl (C=O) groups excluding carboxylic acids is 3. The van der Waals surface area contributed by atoms with Crippen LogP contribution in [0.1, 0.15) is 46.5 Å². The van der Waals surface area contributed by atoms with E-state index < -0.39 is 23.5 Å². The third-order valence-corrected chi connectivity index (χ3v) is 4.94. The van der Waals surface area contributed by atoms with Crippen molar-refractivity contribution in [1.29, 1.82) is 0 Å². The average molecular weight is 320 g/mol. The lowest BCUT2D eigenvalue weighted by Gasteiger charge is -2.42. The van der Waals surface area contributed by atoms with Crippen LogP contribution in [0.25, 0.3) is 0 Å². The summed E-state index contributed by atoms with van der Waals surface area (Å²) >= 11 is 0. The van der Waals surface area contributed by atoms with Crippen molar-refractivity contribution in [3.63, 3.8) is 0 Å². The molecule has 0 N–H and O–H groups in total. The minimum absolute atomic E-state index is 0.00818. The van der Waals surface area contributed by atoms with Crippen molar-refractivity contribution >= 4 is 17.7 Å². The number of carbonyl (C=O) groups is 3. The van der Waals surface area contributed by atoms with E-state index >= 15 is 0 Å². The predicted molar refractivity (Wildman–Crippen MR) is 84.5 cm³/mol. The molecule has 5 heteroatoms. The molecule has 0 amide bonds. The number of hydrogen-bond acceptors (Lipinski definition) is 5. The van der Waals surface area contributed by atoms with Crippen molar-refractivity contribution in [2.45, 2.75) is 58.7 Å². The van der Waals surface area contributed by atoms with E-state index in [1.54, 1.807) is 6.92 Å². The average Bonchev–Trinajstić information content (AvgIpc) is 2.70. The van der Waals surface area contributed by atoms with Crippen LogP contribution >= 0.6 is 0 Å². The molecule has 0 radical (unpaired) electrons. The fourth-order valence-corrected chi connectivity index (χ4v) is 3.47. The summed E-state index contributed by atoms with van der Waals surface area (Å²) in [6.07, 6.45) is 0.856. The Bertz CT molecular complexity index is 576. The first kappa shape index (κ1) is 17.4. The molecule has 2 aliphatic rings. The number of ketones is 1. The first-order chi connectivity index (χ1) is 10.6. The molecule has 0 spiro atoms. The Labute approximate surface area is 136 Å². The second-order valence-electron chi connectivity index (χ2n) is 6.92. The summed E-state index contributed by atoms with van der Waals surface area (Å²) in [5, 5.41) is 0. The highest BCUT2D eigenvalue weighted by atomic mass is 16.6. The Morgan fingerprint density at radius 1 is 1.43 bits per heavy atom. The van der Waals surface area contributed by atoms with Gasteiger partial charge in [0.05, 0.1) is 5.41 Å². The molecule has 0 unspecified atom stereocenters. The number of allylic oxidation sites excluding steroid dienone is 1. The summed E-state index contributed by atoms with van der Waals surface area (Å²) in [6.45, 7) is 12.6. The molecule has 2 fully saturated rings. The maximum absolute atomic E-state index is 12.8. The minimum atomic E-state index is -0.854. The molecule has 0 aromatic rings. The van der Waals surface area contributed by atoms with Crippen molar-refractivity contribution < 1.29 is 23.9 Å². The van der Waals surface area contributed by atoms with Gasteiger partial charge in [0.25, 0.3) is 0 Å². The van der Waals surface area contributed by atoms with Gasteiger partial charge in [-0.2, -0.15) is 0 Å². The number of Topliss-reactive ketones (excluding diaryl/α,β-unsaturated/α-hetero) is 1. The molecule has 2 rings (SSSR count). The smallest absolute Gasteiger partial charge is 0.334 e. The van der Waals surface area contributed by atoms with E-state index in [9.17, 15) is 14.4 Å². The van der Waals surface area contributed by atoms with Gasteiger partial charge in [-0.05, 0) is 26.7 Å². The molecule has 0 bridgehead atoms. The topological polar surface area (TPSA) is 69.7 Å². The molecule has 1 saturated carbocycles. The van der Waals surface area contributed by atoms with Crippen LogP contribution in [0.3, 0.4) is 0 Å². The van der Waals surface area contributed by atoms with Crippen LogP contribution in [0.2, 0.25) is 0 Å². The highest BCUT2D eigenvalue weighted by molar-refractivity contribution is 5.95. The highest BCUT2D eigenvalue weighted by Gasteiger charge is 2.54. The lowest BCUT2D eigenvalue weighted by molar-refractivity contribution is -0.166. The molecule has 1 aliphatic heterocycles. The first-order valence-electron chi connectivity index (χ1n) is 7.90. The number of ether oxygens (including phenoxy) is 2. The van der Waals surface area contributed by atoms with Gasteiger partial charge in [-0.1, -0.05) is 12.2 Å². The highest BCUT2D eigenvalue weighted by Crippen LogP contribution is 2.47. The van der Waals surface area contributed by atoms with Crippen molar-refractivity contribution in [3.8, 4) is 0 Å². The fraction of sp³-hybridized carbons (Fsp3) is 0.611. The van der Waals surface area contributed by atoms with Crippen LogP contribution in [-0.4, -0.2) is 29.9 Å². The molecule has 1 heterocycles. The number of esters is 2. The van der Waals surface area contributed by atoms with Crippen LogP contribution in [0, 0.1) is 11.3 Å². The number of rotatable bonds is 5. The van der Waals surface area contributed by atoms with Crippen molar-refractivity contribution in [1.82, 2.24) is 0 Å². The molecule has 126 valence electrons. The van der Waals surface area contributed by atoms with Crippen LogP contribution in [-0.2, 0) is 23.9 Å². The van der Waals surface area contributed by atoms with Gasteiger partial charge in [0.2, 0.25) is 0 Å². The van der Waals surface area contributed by atoms with Crippen LogP contribution < -0.4 is 0 Å². The van der Waals surface area contributed by atoms with Gasteiger partial charge in [-0.25, -0.2) is 4.79 Å². The molecule has 0 aromatic heterocycles. The van der Waals surface area contributed by atoms with Crippen molar-refractivity contribution in [3.05, 3.63) is 24.3 Å². The third-order valence-electron chi connectivity index (χ3n) is 4.94. The normalized spacial score (nSPS) is 31.3. The Morgan fingerprint density at radius 2 is 2.09 bits per heavy atom. The Morgan fingerprint density at radius 3 is 2.65 bits per heavy atom. The second-order valence-corrected chi connectivity index (χ2v) is 6.92. The van der Waals surface area contributed by atoms with Gasteiger partial charge < -0.3 is 9.47 Å². The molecule has 0 aromatic carbocycles. The number of fused-ring (bicyclic) bond motifs is 1. The molecular formula is C18H24O5. The van der Waals surface area contributed by atoms with E-state index in [-0.39, 0.29) is 24.2 Å². The van der Waals surface area contributed by atoms with Gasteiger partial charge in [-0.3, -0.25) is 9.59 Å². The van der Waals surface area contributed by atoms with E-state index in [1.807, 2.05) is 6.92 Å². The molecule has 23 heavy (non-hydrogen) atoms. The summed E-state index contributed by atoms with van der Waals surface area (Å²) in [5.74, 6) is -1.10. The van der Waals surface area contributed by atoms with E-state index in [0.29, 0.717) is 24.8 Å². The van der Waals surface area contributed by atoms with E-state index in [2.05, 4.69) is 13.2 Å². The maximum atomic E-state index is 12.8. The van der Waals surface area contributed by atoms with Crippen LogP contribution in [0.5, 0.6) is 0 Å². The standard InChI is InChI=1S/C18H24O5/c1-10(2)6-7-16(22-12(4)19)18(5)9-14-13(8-15(18)20)11(3)17(21)23-14/h13-14,16H,1,3,6-9H2,2,4-5H3/t13-,14-,16-,18-/m0/s1. The Balaban J connectivity index is 2.23. The zero-order valence-corrected chi connectivity index (χ0v) is 14.0. The quantitative estimate of drug-likeness (QED) is 0.442. The zero-order valence-electron chi connectivity index (χ0n) is 14.0. The summed E-state index contributed by atoms with van der Waals surface area (Å²) in [4.78, 5) is 35.9. The van der Waals surface area contributed by atoms with Gasteiger partial charge in [0.1, 0.15) is 18.0 Å². The molecular weight excluding hydrogens is 296 g/mol. The predicted octanol–water partition coefficient (Wildman–Crippen LogP) is 2.74.